The molecule has 14 heteroatoms. The summed E-state index contributed by atoms with van der Waals surface area (Å²) in [7, 11) is -6.65. The number of nitrogens with zero attached hydrogens (tertiary/aromatic N) is 6. The molecule has 0 amide bonds. The first-order valence-electron chi connectivity index (χ1n) is 11.3. The highest BCUT2D eigenvalue weighted by atomic mass is 32.2. The molecule has 4 aromatic rings. The molecule has 1 aliphatic heterocycles. The van der Waals surface area contributed by atoms with E-state index in [1.54, 1.807) is 36.1 Å². The molecule has 1 aromatic carbocycles. The van der Waals surface area contributed by atoms with Gasteiger partial charge in [-0.1, -0.05) is 0 Å². The summed E-state index contributed by atoms with van der Waals surface area (Å²) in [5.41, 5.74) is 1.23. The van der Waals surface area contributed by atoms with Gasteiger partial charge in [-0.05, 0) is 42.6 Å². The lowest BCUT2D eigenvalue weighted by Crippen LogP contribution is -2.64. The van der Waals surface area contributed by atoms with Crippen molar-refractivity contribution < 1.29 is 16.8 Å². The zero-order chi connectivity index (χ0) is 26.4. The lowest BCUT2D eigenvalue weighted by atomic mass is 9.89. The van der Waals surface area contributed by atoms with Crippen molar-refractivity contribution in [2.24, 2.45) is 0 Å². The summed E-state index contributed by atoms with van der Waals surface area (Å²) in [6, 6.07) is 10.4. The molecular formula is C23H23N7O4S3. The van der Waals surface area contributed by atoms with Gasteiger partial charge in [0, 0.05) is 42.2 Å². The van der Waals surface area contributed by atoms with Gasteiger partial charge < -0.3 is 5.32 Å². The average molecular weight is 558 g/mol. The molecule has 5 rings (SSSR count). The van der Waals surface area contributed by atoms with E-state index in [4.69, 9.17) is 4.98 Å². The zero-order valence-corrected chi connectivity index (χ0v) is 22.4. The minimum Gasteiger partial charge on any atom is -0.324 e. The second kappa shape index (κ2) is 9.18. The van der Waals surface area contributed by atoms with E-state index < -0.39 is 25.4 Å². The van der Waals surface area contributed by atoms with Crippen LogP contribution >= 0.6 is 11.3 Å². The van der Waals surface area contributed by atoms with Crippen LogP contribution in [0.25, 0.3) is 21.5 Å². The monoisotopic (exact) mass is 557 g/mol. The zero-order valence-electron chi connectivity index (χ0n) is 20.0. The van der Waals surface area contributed by atoms with Crippen LogP contribution < -0.4 is 5.32 Å². The van der Waals surface area contributed by atoms with Crippen molar-refractivity contribution in [2.75, 3.05) is 30.4 Å². The van der Waals surface area contributed by atoms with Crippen LogP contribution in [-0.4, -0.2) is 66.0 Å². The second-order valence-corrected chi connectivity index (χ2v) is 14.0. The highest BCUT2D eigenvalue weighted by molar-refractivity contribution is 7.90. The Morgan fingerprint density at radius 1 is 1.14 bits per heavy atom. The number of aromatic nitrogens is 4. The Labute approximate surface area is 218 Å². The molecule has 1 aliphatic rings. The van der Waals surface area contributed by atoms with Crippen molar-refractivity contribution in [3.8, 4) is 17.3 Å². The van der Waals surface area contributed by atoms with Crippen LogP contribution in [0, 0.1) is 11.3 Å². The molecule has 192 valence electrons. The number of benzene rings is 1. The predicted octanol–water partition coefficient (Wildman–Crippen LogP) is 2.98. The fourth-order valence-corrected chi connectivity index (χ4v) is 6.86. The molecule has 0 saturated carbocycles. The van der Waals surface area contributed by atoms with Crippen molar-refractivity contribution in [2.45, 2.75) is 23.8 Å². The topological polar surface area (TPSA) is 151 Å². The van der Waals surface area contributed by atoms with Crippen molar-refractivity contribution in [1.29, 1.82) is 5.26 Å². The molecule has 11 nitrogen and oxygen atoms in total. The van der Waals surface area contributed by atoms with Gasteiger partial charge in [-0.2, -0.15) is 14.7 Å². The normalized spacial score (nSPS) is 15.8. The van der Waals surface area contributed by atoms with E-state index >= 15 is 0 Å². The largest absolute Gasteiger partial charge is 0.324 e. The molecule has 1 N–H and O–H groups in total. The lowest BCUT2D eigenvalue weighted by Gasteiger charge is -2.47. The maximum absolute atomic E-state index is 12.3. The Bertz CT molecular complexity index is 1730. The van der Waals surface area contributed by atoms with Crippen LogP contribution in [0.4, 0.5) is 11.6 Å². The van der Waals surface area contributed by atoms with Gasteiger partial charge in [0.15, 0.2) is 9.84 Å². The molecule has 0 radical (unpaired) electrons. The van der Waals surface area contributed by atoms with Crippen LogP contribution in [0.1, 0.15) is 13.3 Å². The van der Waals surface area contributed by atoms with E-state index in [0.29, 0.717) is 22.9 Å². The van der Waals surface area contributed by atoms with E-state index in [0.717, 1.165) is 16.5 Å². The third-order valence-corrected chi connectivity index (χ3v) is 10.0. The molecule has 0 bridgehead atoms. The highest BCUT2D eigenvalue weighted by Gasteiger charge is 2.49. The summed E-state index contributed by atoms with van der Waals surface area (Å²) < 4.78 is 51.1. The van der Waals surface area contributed by atoms with E-state index in [9.17, 15) is 22.1 Å². The maximum atomic E-state index is 12.3. The number of hydrogen-bond donors (Lipinski definition) is 1. The Balaban J connectivity index is 1.47. The van der Waals surface area contributed by atoms with Gasteiger partial charge in [0.05, 0.1) is 35.0 Å². The van der Waals surface area contributed by atoms with Crippen LogP contribution in [0.3, 0.4) is 0 Å². The van der Waals surface area contributed by atoms with E-state index in [-0.39, 0.29) is 30.2 Å². The number of rotatable bonds is 8. The molecule has 0 unspecified atom stereocenters. The van der Waals surface area contributed by atoms with E-state index in [1.807, 2.05) is 11.4 Å². The molecule has 37 heavy (non-hydrogen) atoms. The van der Waals surface area contributed by atoms with Crippen LogP contribution in [0.5, 0.6) is 0 Å². The Morgan fingerprint density at radius 2 is 1.86 bits per heavy atom. The summed E-state index contributed by atoms with van der Waals surface area (Å²) in [5.74, 6) is 0.338. The number of fused-ring (bicyclic) bond motifs is 1. The summed E-state index contributed by atoms with van der Waals surface area (Å²) in [4.78, 5) is 10.3. The number of hydrogen-bond acceptors (Lipinski definition) is 10. The highest BCUT2D eigenvalue weighted by Crippen LogP contribution is 2.37. The summed E-state index contributed by atoms with van der Waals surface area (Å²) in [6.45, 7) is 1.97. The minimum absolute atomic E-state index is 0.00379. The molecule has 0 atom stereocenters. The average Bonchev–Trinajstić information content (AvgIpc) is 3.50. The molecule has 0 spiro atoms. The third-order valence-electron chi connectivity index (χ3n) is 6.31. The summed E-state index contributed by atoms with van der Waals surface area (Å²) in [6.07, 6.45) is 4.72. The second-order valence-electron chi connectivity index (χ2n) is 8.86. The first-order valence-corrected chi connectivity index (χ1v) is 15.7. The standard InChI is InChI=1S/C23H23N7O4S3/c1-3-37(33,34)29-14-23(15-29,9-10-24)30-13-16(12-25-30)20-19-8-11-35-21(19)28-22(27-20)26-17-4-6-18(7-5-17)36(2,31)32/h4-8,11-13H,3,9,14-15H2,1-2H3,(H,26,27,28). The van der Waals surface area contributed by atoms with Gasteiger partial charge >= 0.3 is 0 Å². The van der Waals surface area contributed by atoms with E-state index in [1.165, 1.54) is 27.8 Å². The molecule has 1 saturated heterocycles. The van der Waals surface area contributed by atoms with Gasteiger partial charge in [0.25, 0.3) is 0 Å². The number of nitriles is 1. The molecule has 1 fully saturated rings. The fourth-order valence-electron chi connectivity index (χ4n) is 4.22. The first kappa shape index (κ1) is 25.3. The van der Waals surface area contributed by atoms with Crippen molar-refractivity contribution >= 4 is 53.0 Å². The quantitative estimate of drug-likeness (QED) is 0.345. The predicted molar refractivity (Wildman–Crippen MR) is 141 cm³/mol. The lowest BCUT2D eigenvalue weighted by molar-refractivity contribution is 0.0719. The van der Waals surface area contributed by atoms with Crippen molar-refractivity contribution in [3.63, 3.8) is 0 Å². The maximum Gasteiger partial charge on any atom is 0.229 e. The molecule has 4 heterocycles. The number of sulfone groups is 1. The molecule has 0 aliphatic carbocycles. The van der Waals surface area contributed by atoms with E-state index in [2.05, 4.69) is 21.5 Å². The van der Waals surface area contributed by atoms with Gasteiger partial charge in [-0.15, -0.1) is 11.3 Å². The number of anilines is 2. The Kier molecular flexibility index (Phi) is 6.27. The Hall–Kier alpha value is -3.38. The Morgan fingerprint density at radius 3 is 2.51 bits per heavy atom. The van der Waals surface area contributed by atoms with Gasteiger partial charge in [0.2, 0.25) is 16.0 Å². The van der Waals surface area contributed by atoms with Gasteiger partial charge in [-0.25, -0.2) is 26.8 Å². The number of sulfonamides is 1. The number of thiophene rings is 1. The summed E-state index contributed by atoms with van der Waals surface area (Å²) in [5, 5.41) is 19.8. The van der Waals surface area contributed by atoms with Crippen LogP contribution in [0.15, 0.2) is 53.0 Å². The van der Waals surface area contributed by atoms with Gasteiger partial charge in [-0.3, -0.25) is 4.68 Å². The first-order chi connectivity index (χ1) is 17.5. The molecule has 3 aromatic heterocycles. The van der Waals surface area contributed by atoms with Crippen molar-refractivity contribution in [3.05, 3.63) is 48.1 Å². The SMILES string of the molecule is CCS(=O)(=O)N1CC(CC#N)(n2cc(-c3nc(Nc4ccc(S(C)(=O)=O)cc4)nc4sccc34)cn2)C1. The third kappa shape index (κ3) is 4.71. The van der Waals surface area contributed by atoms with Crippen LogP contribution in [-0.2, 0) is 25.4 Å². The summed E-state index contributed by atoms with van der Waals surface area (Å²) >= 11 is 1.45. The molecular weight excluding hydrogens is 534 g/mol. The fraction of sp³-hybridized carbons (Fsp3) is 0.304. The minimum atomic E-state index is -3.35. The smallest absolute Gasteiger partial charge is 0.229 e. The van der Waals surface area contributed by atoms with Crippen molar-refractivity contribution in [1.82, 2.24) is 24.1 Å². The number of nitrogens with one attached hydrogen (secondary N) is 1. The van der Waals surface area contributed by atoms with Gasteiger partial charge in [0.1, 0.15) is 10.4 Å². The van der Waals surface area contributed by atoms with Crippen LogP contribution in [0.2, 0.25) is 0 Å².